The lowest BCUT2D eigenvalue weighted by atomic mass is 10.1. The van der Waals surface area contributed by atoms with Gasteiger partial charge in [0.1, 0.15) is 0 Å². The monoisotopic (exact) mass is 244 g/mol. The van der Waals surface area contributed by atoms with Gasteiger partial charge in [-0.2, -0.15) is 0 Å². The summed E-state index contributed by atoms with van der Waals surface area (Å²) in [6.07, 6.45) is 2.80. The number of hydrogen-bond donors (Lipinski definition) is 0. The van der Waals surface area contributed by atoms with E-state index >= 15 is 0 Å². The molecule has 2 nitrogen and oxygen atoms in total. The summed E-state index contributed by atoms with van der Waals surface area (Å²) in [5.41, 5.74) is 0.804. The van der Waals surface area contributed by atoms with Crippen LogP contribution < -0.4 is 0 Å². The van der Waals surface area contributed by atoms with E-state index in [1.807, 2.05) is 19.9 Å². The van der Waals surface area contributed by atoms with E-state index in [0.29, 0.717) is 0 Å². The zero-order chi connectivity index (χ0) is 11.2. The van der Waals surface area contributed by atoms with Gasteiger partial charge >= 0.3 is 0 Å². The van der Waals surface area contributed by atoms with Crippen molar-refractivity contribution in [2.75, 3.05) is 5.75 Å². The molecule has 0 aromatic carbocycles. The molecule has 0 aromatic rings. The third kappa shape index (κ3) is 1.87. The van der Waals surface area contributed by atoms with Crippen molar-refractivity contribution in [2.24, 2.45) is 17.3 Å². The van der Waals surface area contributed by atoms with E-state index in [2.05, 4.69) is 0 Å². The van der Waals surface area contributed by atoms with Crippen molar-refractivity contribution >= 4 is 33.7 Å². The molecule has 2 aliphatic rings. The van der Waals surface area contributed by atoms with E-state index < -0.39 is 0 Å². The summed E-state index contributed by atoms with van der Waals surface area (Å²) in [7, 11) is 0. The first-order chi connectivity index (χ1) is 6.94. The van der Waals surface area contributed by atoms with Crippen molar-refractivity contribution < 1.29 is 9.59 Å². The zero-order valence-electron chi connectivity index (χ0n) is 8.75. The summed E-state index contributed by atoms with van der Waals surface area (Å²) in [5.74, 6) is 0.919. The van der Waals surface area contributed by atoms with Crippen LogP contribution in [0.1, 0.15) is 20.3 Å². The van der Waals surface area contributed by atoms with Crippen molar-refractivity contribution in [2.45, 2.75) is 20.3 Å². The van der Waals surface area contributed by atoms with Gasteiger partial charge in [0, 0.05) is 17.2 Å². The third-order valence-electron chi connectivity index (χ3n) is 3.40. The van der Waals surface area contributed by atoms with Crippen LogP contribution >= 0.6 is 23.4 Å². The molecule has 1 heterocycles. The van der Waals surface area contributed by atoms with Crippen molar-refractivity contribution in [3.8, 4) is 0 Å². The second-order valence-corrected chi connectivity index (χ2v) is 6.15. The summed E-state index contributed by atoms with van der Waals surface area (Å²) in [6, 6.07) is 0. The molecule has 15 heavy (non-hydrogen) atoms. The highest BCUT2D eigenvalue weighted by Gasteiger charge is 2.60. The van der Waals surface area contributed by atoms with Gasteiger partial charge in [-0.3, -0.25) is 9.59 Å². The summed E-state index contributed by atoms with van der Waals surface area (Å²) in [5, 5.41) is -0.113. The highest BCUT2D eigenvalue weighted by atomic mass is 35.5. The highest BCUT2D eigenvalue weighted by Crippen LogP contribution is 2.60. The largest absolute Gasteiger partial charge is 0.282 e. The summed E-state index contributed by atoms with van der Waals surface area (Å²) in [4.78, 5) is 22.5. The van der Waals surface area contributed by atoms with Crippen LogP contribution in [0.2, 0.25) is 0 Å². The van der Waals surface area contributed by atoms with Gasteiger partial charge < -0.3 is 0 Å². The number of carbonyl (C=O) groups is 2. The molecule has 0 aromatic heterocycles. The molecule has 0 amide bonds. The Morgan fingerprint density at radius 3 is 2.67 bits per heavy atom. The molecular weight excluding hydrogens is 232 g/mol. The Balaban J connectivity index is 2.15. The Kier molecular flexibility index (Phi) is 2.72. The van der Waals surface area contributed by atoms with Gasteiger partial charge in [0.25, 0.3) is 0 Å². The molecule has 0 radical (unpaired) electrons. The van der Waals surface area contributed by atoms with Gasteiger partial charge in [0.15, 0.2) is 0 Å². The topological polar surface area (TPSA) is 34.1 Å². The number of halogens is 1. The summed E-state index contributed by atoms with van der Waals surface area (Å²) < 4.78 is 0. The van der Waals surface area contributed by atoms with E-state index in [1.165, 1.54) is 11.8 Å². The molecule has 0 bridgehead atoms. The van der Waals surface area contributed by atoms with Gasteiger partial charge in [-0.1, -0.05) is 31.7 Å². The van der Waals surface area contributed by atoms with Crippen LogP contribution in [0.25, 0.3) is 0 Å². The molecule has 2 rings (SSSR count). The lowest BCUT2D eigenvalue weighted by molar-refractivity contribution is -0.113. The molecule has 2 fully saturated rings. The zero-order valence-corrected chi connectivity index (χ0v) is 10.3. The van der Waals surface area contributed by atoms with Gasteiger partial charge in [0.2, 0.25) is 10.4 Å². The highest BCUT2D eigenvalue weighted by molar-refractivity contribution is 8.14. The first-order valence-electron chi connectivity index (χ1n) is 5.01. The summed E-state index contributed by atoms with van der Waals surface area (Å²) in [6.45, 7) is 4.04. The fraction of sp³-hybridized carbons (Fsp3) is 0.636. The minimum atomic E-state index is -0.278. The van der Waals surface area contributed by atoms with E-state index in [4.69, 9.17) is 11.6 Å². The fourth-order valence-corrected chi connectivity index (χ4v) is 3.52. The maximum absolute atomic E-state index is 11.4. The van der Waals surface area contributed by atoms with Crippen LogP contribution in [0, 0.1) is 17.3 Å². The molecule has 1 aliphatic carbocycles. The van der Waals surface area contributed by atoms with Crippen LogP contribution in [0.15, 0.2) is 11.6 Å². The normalized spacial score (nSPS) is 35.9. The quantitative estimate of drug-likeness (QED) is 0.553. The maximum atomic E-state index is 11.4. The number of rotatable bonds is 2. The van der Waals surface area contributed by atoms with Gasteiger partial charge in [0.05, 0.1) is 0 Å². The molecule has 0 N–H and O–H groups in total. The Morgan fingerprint density at radius 1 is 1.60 bits per heavy atom. The Hall–Kier alpha value is -0.280. The third-order valence-corrected chi connectivity index (χ3v) is 4.57. The number of allylic oxidation sites excluding steroid dienone is 1. The molecular formula is C11H13ClO2S. The SMILES string of the molecule is CC1(C)[C@H](C(=O)Cl)[C@@H]1C=C1CCSC1=O. The smallest absolute Gasteiger partial charge is 0.225 e. The van der Waals surface area contributed by atoms with Crippen molar-refractivity contribution in [3.63, 3.8) is 0 Å². The van der Waals surface area contributed by atoms with Crippen molar-refractivity contribution in [1.82, 2.24) is 0 Å². The summed E-state index contributed by atoms with van der Waals surface area (Å²) >= 11 is 6.88. The number of carbonyl (C=O) groups excluding carboxylic acids is 2. The maximum Gasteiger partial charge on any atom is 0.225 e. The molecule has 4 heteroatoms. The predicted octanol–water partition coefficient (Wildman–Crippen LogP) is 2.61. The molecule has 0 spiro atoms. The van der Waals surface area contributed by atoms with E-state index in [9.17, 15) is 9.59 Å². The average Bonchev–Trinajstić information content (AvgIpc) is 2.47. The minimum Gasteiger partial charge on any atom is -0.282 e. The molecule has 1 saturated carbocycles. The van der Waals surface area contributed by atoms with Crippen LogP contribution in [-0.2, 0) is 9.59 Å². The van der Waals surface area contributed by atoms with Gasteiger partial charge in [-0.25, -0.2) is 0 Å². The van der Waals surface area contributed by atoms with Gasteiger partial charge in [-0.05, 0) is 29.4 Å². The van der Waals surface area contributed by atoms with Crippen LogP contribution in [-0.4, -0.2) is 16.1 Å². The van der Waals surface area contributed by atoms with E-state index in [-0.39, 0.29) is 27.6 Å². The number of thioether (sulfide) groups is 1. The first kappa shape index (κ1) is 11.2. The molecule has 1 aliphatic heterocycles. The Morgan fingerprint density at radius 2 is 2.27 bits per heavy atom. The predicted molar refractivity (Wildman–Crippen MR) is 61.8 cm³/mol. The second kappa shape index (κ2) is 3.63. The van der Waals surface area contributed by atoms with Crippen LogP contribution in [0.4, 0.5) is 0 Å². The van der Waals surface area contributed by atoms with E-state index in [1.54, 1.807) is 0 Å². The average molecular weight is 245 g/mol. The van der Waals surface area contributed by atoms with Gasteiger partial charge in [-0.15, -0.1) is 0 Å². The second-order valence-electron chi connectivity index (χ2n) is 4.71. The lowest BCUT2D eigenvalue weighted by Crippen LogP contribution is -1.96. The molecule has 1 saturated heterocycles. The standard InChI is InChI=1S/C11H13ClO2S/c1-11(2)7(8(11)9(12)13)5-6-3-4-15-10(6)14/h5,7-8H,3-4H2,1-2H3/t7-,8-/m0/s1. The fourth-order valence-electron chi connectivity index (χ4n) is 2.24. The number of hydrogen-bond acceptors (Lipinski definition) is 3. The van der Waals surface area contributed by atoms with Crippen LogP contribution in [0.5, 0.6) is 0 Å². The Labute approximate surface area is 98.4 Å². The first-order valence-corrected chi connectivity index (χ1v) is 6.38. The lowest BCUT2D eigenvalue weighted by Gasteiger charge is -1.97. The van der Waals surface area contributed by atoms with Crippen molar-refractivity contribution in [3.05, 3.63) is 11.6 Å². The van der Waals surface area contributed by atoms with Crippen LogP contribution in [0.3, 0.4) is 0 Å². The molecule has 2 atom stereocenters. The molecule has 82 valence electrons. The minimum absolute atomic E-state index is 0.0701. The van der Waals surface area contributed by atoms with E-state index in [0.717, 1.165) is 17.7 Å². The van der Waals surface area contributed by atoms with Crippen molar-refractivity contribution in [1.29, 1.82) is 0 Å². The Bertz CT molecular complexity index is 360. The molecule has 0 unspecified atom stereocenters.